The second kappa shape index (κ2) is 9.56. The van der Waals surface area contributed by atoms with Crippen LogP contribution in [0.4, 0.5) is 0 Å². The maximum absolute atomic E-state index is 5.79. The molecule has 140 valence electrons. The first-order chi connectivity index (χ1) is 12.7. The molecule has 1 N–H and O–H groups in total. The Balaban J connectivity index is 1.65. The summed E-state index contributed by atoms with van der Waals surface area (Å²) in [5, 5.41) is 0. The first-order valence-electron chi connectivity index (χ1n) is 9.38. The van der Waals surface area contributed by atoms with E-state index in [0.29, 0.717) is 18.1 Å². The second-order valence-electron chi connectivity index (χ2n) is 7.10. The molecule has 2 aromatic carbocycles. The molecule has 0 saturated carbocycles. The molecule has 1 heterocycles. The van der Waals surface area contributed by atoms with Gasteiger partial charge in [0.2, 0.25) is 0 Å². The van der Waals surface area contributed by atoms with Gasteiger partial charge in [0.1, 0.15) is 0 Å². The molecule has 0 spiro atoms. The molecule has 1 fully saturated rings. The van der Waals surface area contributed by atoms with Gasteiger partial charge in [-0.1, -0.05) is 66.5 Å². The summed E-state index contributed by atoms with van der Waals surface area (Å²) in [5.41, 5.74) is 4.10. The van der Waals surface area contributed by atoms with Crippen LogP contribution in [0.15, 0.2) is 54.6 Å². The average molecular weight is 371 g/mol. The quantitative estimate of drug-likeness (QED) is 0.719. The molecule has 1 saturated heterocycles. The smallest absolute Gasteiger partial charge is 0.0664 e. The number of likely N-dealkylation sites (tertiary alicyclic amines) is 1. The van der Waals surface area contributed by atoms with Crippen LogP contribution >= 0.6 is 11.9 Å². The lowest BCUT2D eigenvalue weighted by atomic mass is 9.87. The van der Waals surface area contributed by atoms with Gasteiger partial charge >= 0.3 is 0 Å². The predicted octanol–water partition coefficient (Wildman–Crippen LogP) is 4.62. The van der Waals surface area contributed by atoms with Gasteiger partial charge in [0.05, 0.1) is 6.10 Å². The van der Waals surface area contributed by atoms with Crippen LogP contribution in [0.5, 0.6) is 0 Å². The minimum absolute atomic E-state index is 0.314. The fraction of sp³-hybridized carbons (Fsp3) is 0.455. The van der Waals surface area contributed by atoms with E-state index in [-0.39, 0.29) is 0 Å². The van der Waals surface area contributed by atoms with E-state index in [0.717, 1.165) is 26.1 Å². The van der Waals surface area contributed by atoms with Crippen LogP contribution in [0, 0.1) is 0 Å². The van der Waals surface area contributed by atoms with Gasteiger partial charge in [0, 0.05) is 38.7 Å². The van der Waals surface area contributed by atoms with Gasteiger partial charge in [-0.25, -0.2) is 0 Å². The van der Waals surface area contributed by atoms with Crippen molar-refractivity contribution < 1.29 is 4.74 Å². The zero-order chi connectivity index (χ0) is 18.4. The summed E-state index contributed by atoms with van der Waals surface area (Å²) < 4.78 is 9.18. The second-order valence-corrected chi connectivity index (χ2v) is 7.74. The molecule has 0 aromatic heterocycles. The van der Waals surface area contributed by atoms with Crippen molar-refractivity contribution in [2.45, 2.75) is 38.0 Å². The molecule has 0 radical (unpaired) electrons. The highest BCUT2D eigenvalue weighted by molar-refractivity contribution is 7.96. The van der Waals surface area contributed by atoms with Crippen LogP contribution < -0.4 is 4.72 Å². The van der Waals surface area contributed by atoms with Gasteiger partial charge in [0.25, 0.3) is 0 Å². The Kier molecular flexibility index (Phi) is 7.15. The van der Waals surface area contributed by atoms with E-state index in [1.54, 1.807) is 11.9 Å². The first kappa shape index (κ1) is 19.4. The molecule has 0 aliphatic carbocycles. The molecule has 0 bridgehead atoms. The van der Waals surface area contributed by atoms with E-state index in [9.17, 15) is 0 Å². The predicted molar refractivity (Wildman–Crippen MR) is 111 cm³/mol. The maximum Gasteiger partial charge on any atom is 0.0664 e. The largest absolute Gasteiger partial charge is 0.381 e. The van der Waals surface area contributed by atoms with Crippen LogP contribution in [0.2, 0.25) is 0 Å². The third-order valence-corrected chi connectivity index (χ3v) is 5.93. The molecule has 26 heavy (non-hydrogen) atoms. The Labute approximate surface area is 162 Å². The summed E-state index contributed by atoms with van der Waals surface area (Å²) in [6.45, 7) is 5.35. The summed E-state index contributed by atoms with van der Waals surface area (Å²) in [6.07, 6.45) is 3.47. The summed E-state index contributed by atoms with van der Waals surface area (Å²) in [4.78, 5) is 2.56. The van der Waals surface area contributed by atoms with E-state index in [1.807, 2.05) is 7.11 Å². The average Bonchev–Trinajstić information content (AvgIpc) is 2.69. The molecular formula is C22H30N2OS. The number of rotatable bonds is 7. The summed E-state index contributed by atoms with van der Waals surface area (Å²) >= 11 is 1.67. The van der Waals surface area contributed by atoms with Crippen LogP contribution in [0.25, 0.3) is 0 Å². The number of hydrogen-bond donors (Lipinski definition) is 1. The lowest BCUT2D eigenvalue weighted by Gasteiger charge is -2.38. The fourth-order valence-corrected chi connectivity index (χ4v) is 4.35. The van der Waals surface area contributed by atoms with Gasteiger partial charge in [-0.3, -0.25) is 9.62 Å². The Morgan fingerprint density at radius 1 is 1.15 bits per heavy atom. The molecule has 1 aliphatic rings. The fourth-order valence-electron chi connectivity index (χ4n) is 3.86. The van der Waals surface area contributed by atoms with Gasteiger partial charge in [-0.05, 0) is 36.3 Å². The highest BCUT2D eigenvalue weighted by Crippen LogP contribution is 2.30. The van der Waals surface area contributed by atoms with Gasteiger partial charge in [-0.15, -0.1) is 0 Å². The van der Waals surface area contributed by atoms with E-state index >= 15 is 0 Å². The number of hydrogen-bond acceptors (Lipinski definition) is 4. The molecule has 3 rings (SSSR count). The van der Waals surface area contributed by atoms with Gasteiger partial charge in [-0.2, -0.15) is 0 Å². The van der Waals surface area contributed by atoms with Crippen molar-refractivity contribution in [3.05, 3.63) is 71.3 Å². The molecule has 2 aromatic rings. The highest BCUT2D eigenvalue weighted by atomic mass is 32.2. The topological polar surface area (TPSA) is 24.5 Å². The Bertz CT molecular complexity index is 662. The van der Waals surface area contributed by atoms with Crippen molar-refractivity contribution in [2.24, 2.45) is 0 Å². The third-order valence-electron chi connectivity index (χ3n) is 5.34. The van der Waals surface area contributed by atoms with Crippen molar-refractivity contribution in [1.82, 2.24) is 9.62 Å². The van der Waals surface area contributed by atoms with E-state index in [2.05, 4.69) is 77.4 Å². The minimum atomic E-state index is 0.314. The zero-order valence-electron chi connectivity index (χ0n) is 16.0. The summed E-state index contributed by atoms with van der Waals surface area (Å²) in [6, 6.07) is 20.2. The van der Waals surface area contributed by atoms with Crippen LogP contribution in [-0.2, 0) is 11.3 Å². The summed E-state index contributed by atoms with van der Waals surface area (Å²) in [7, 11) is 1.85. The maximum atomic E-state index is 5.79. The van der Waals surface area contributed by atoms with Crippen molar-refractivity contribution >= 4 is 11.9 Å². The number of ether oxygens (including phenoxy) is 1. The molecule has 4 heteroatoms. The first-order valence-corrected chi connectivity index (χ1v) is 10.6. The highest BCUT2D eigenvalue weighted by Gasteiger charge is 2.30. The van der Waals surface area contributed by atoms with Crippen LogP contribution in [0.3, 0.4) is 0 Å². The lowest BCUT2D eigenvalue weighted by Crippen LogP contribution is -2.42. The van der Waals surface area contributed by atoms with Crippen LogP contribution in [0.1, 0.15) is 42.0 Å². The monoisotopic (exact) mass is 370 g/mol. The number of methoxy groups -OCH3 is 1. The summed E-state index contributed by atoms with van der Waals surface area (Å²) in [5.74, 6) is 0.444. The standard InChI is InChI=1S/C22H30N2OS/c1-17(23-26-3)19-11-9-18(10-12-19)15-24-14-13-22(25-2)21(16-24)20-7-5-4-6-8-20/h4-12,17,21-23H,13-16H2,1-3H3/t17-,21?,22?/m1/s1. The van der Waals surface area contributed by atoms with Gasteiger partial charge < -0.3 is 4.74 Å². The third kappa shape index (κ3) is 4.89. The normalized spacial score (nSPS) is 22.3. The SMILES string of the molecule is COC1CCN(Cc2ccc([C@@H](C)NSC)cc2)CC1c1ccccc1. The molecule has 2 unspecified atom stereocenters. The number of nitrogens with one attached hydrogen (secondary N) is 1. The van der Waals surface area contributed by atoms with E-state index in [4.69, 9.17) is 4.74 Å². The number of nitrogens with zero attached hydrogens (tertiary/aromatic N) is 1. The van der Waals surface area contributed by atoms with Crippen molar-refractivity contribution in [2.75, 3.05) is 26.5 Å². The Hall–Kier alpha value is -1.33. The Morgan fingerprint density at radius 3 is 2.54 bits per heavy atom. The molecular weight excluding hydrogens is 340 g/mol. The number of benzene rings is 2. The lowest BCUT2D eigenvalue weighted by molar-refractivity contribution is 0.0198. The van der Waals surface area contributed by atoms with Crippen molar-refractivity contribution in [3.8, 4) is 0 Å². The van der Waals surface area contributed by atoms with Crippen LogP contribution in [-0.4, -0.2) is 37.5 Å². The number of piperidine rings is 1. The van der Waals surface area contributed by atoms with Crippen molar-refractivity contribution in [1.29, 1.82) is 0 Å². The minimum Gasteiger partial charge on any atom is -0.381 e. The Morgan fingerprint density at radius 2 is 1.88 bits per heavy atom. The van der Waals surface area contributed by atoms with E-state index in [1.165, 1.54) is 16.7 Å². The molecule has 0 amide bonds. The van der Waals surface area contributed by atoms with E-state index < -0.39 is 0 Å². The molecule has 1 aliphatic heterocycles. The van der Waals surface area contributed by atoms with Gasteiger partial charge in [0.15, 0.2) is 0 Å². The zero-order valence-corrected chi connectivity index (χ0v) is 16.8. The molecule has 3 nitrogen and oxygen atoms in total. The molecule has 3 atom stereocenters. The van der Waals surface area contributed by atoms with Crippen molar-refractivity contribution in [3.63, 3.8) is 0 Å².